The highest BCUT2D eigenvalue weighted by Crippen LogP contribution is 2.12. The van der Waals surface area contributed by atoms with Crippen molar-refractivity contribution in [3.05, 3.63) is 29.8 Å². The van der Waals surface area contributed by atoms with E-state index >= 15 is 0 Å². The molecule has 18 heavy (non-hydrogen) atoms. The van der Waals surface area contributed by atoms with E-state index in [1.54, 1.807) is 0 Å². The number of unbranched alkanes of at least 4 members (excludes halogenated alkanes) is 1. The molecule has 0 saturated heterocycles. The van der Waals surface area contributed by atoms with Gasteiger partial charge in [-0.1, -0.05) is 12.1 Å². The Bertz CT molecular complexity index is 331. The first-order valence-electron chi connectivity index (χ1n) is 6.41. The molecule has 0 bridgehead atoms. The third-order valence-corrected chi connectivity index (χ3v) is 2.57. The summed E-state index contributed by atoms with van der Waals surface area (Å²) in [7, 11) is 0. The molecule has 0 aliphatic heterocycles. The largest absolute Gasteiger partial charge is 0.491 e. The molecular formula is C14H23NO3. The molecule has 1 aromatic rings. The van der Waals surface area contributed by atoms with Gasteiger partial charge in [0.1, 0.15) is 18.5 Å². The van der Waals surface area contributed by atoms with Crippen molar-refractivity contribution in [1.82, 2.24) is 5.32 Å². The summed E-state index contributed by atoms with van der Waals surface area (Å²) in [5.41, 5.74) is 1.14. The smallest absolute Gasteiger partial charge is 0.119 e. The van der Waals surface area contributed by atoms with Crippen LogP contribution >= 0.6 is 0 Å². The minimum atomic E-state index is -0.514. The first-order chi connectivity index (χ1) is 8.72. The molecule has 0 fully saturated rings. The second-order valence-electron chi connectivity index (χ2n) is 4.42. The predicted octanol–water partition coefficient (Wildman–Crippen LogP) is 1.10. The predicted molar refractivity (Wildman–Crippen MR) is 71.9 cm³/mol. The average Bonchev–Trinajstić information content (AvgIpc) is 2.36. The van der Waals surface area contributed by atoms with Gasteiger partial charge < -0.3 is 20.3 Å². The van der Waals surface area contributed by atoms with Gasteiger partial charge in [-0.3, -0.25) is 0 Å². The second kappa shape index (κ2) is 8.91. The molecule has 1 aromatic carbocycles. The molecule has 0 aliphatic carbocycles. The van der Waals surface area contributed by atoms with E-state index in [9.17, 15) is 5.11 Å². The van der Waals surface area contributed by atoms with Gasteiger partial charge in [0, 0.05) is 13.2 Å². The molecule has 4 nitrogen and oxygen atoms in total. The van der Waals surface area contributed by atoms with Gasteiger partial charge in [0.2, 0.25) is 0 Å². The van der Waals surface area contributed by atoms with Gasteiger partial charge >= 0.3 is 0 Å². The molecule has 0 saturated carbocycles. The maximum atomic E-state index is 9.70. The van der Waals surface area contributed by atoms with Gasteiger partial charge in [-0.05, 0) is 44.0 Å². The number of aryl methyl sites for hydroxylation is 1. The minimum absolute atomic E-state index is 0.223. The van der Waals surface area contributed by atoms with Crippen molar-refractivity contribution in [1.29, 1.82) is 0 Å². The van der Waals surface area contributed by atoms with Gasteiger partial charge in [0.25, 0.3) is 0 Å². The highest BCUT2D eigenvalue weighted by molar-refractivity contribution is 5.27. The van der Waals surface area contributed by atoms with Crippen LogP contribution in [0.3, 0.4) is 0 Å². The Morgan fingerprint density at radius 1 is 1.33 bits per heavy atom. The fraction of sp³-hybridized carbons (Fsp3) is 0.571. The Balaban J connectivity index is 2.11. The number of rotatable bonds is 9. The number of aliphatic hydroxyl groups is 2. The van der Waals surface area contributed by atoms with Gasteiger partial charge in [-0.25, -0.2) is 0 Å². The van der Waals surface area contributed by atoms with Crippen molar-refractivity contribution in [3.63, 3.8) is 0 Å². The normalized spacial score (nSPS) is 12.4. The Kier molecular flexibility index (Phi) is 7.41. The lowest BCUT2D eigenvalue weighted by molar-refractivity contribution is 0.106. The monoisotopic (exact) mass is 253 g/mol. The van der Waals surface area contributed by atoms with Crippen molar-refractivity contribution in [2.75, 3.05) is 26.3 Å². The molecule has 1 rings (SSSR count). The molecular weight excluding hydrogens is 230 g/mol. The molecule has 3 N–H and O–H groups in total. The molecule has 0 heterocycles. The van der Waals surface area contributed by atoms with E-state index in [-0.39, 0.29) is 13.2 Å². The van der Waals surface area contributed by atoms with Crippen LogP contribution in [0.4, 0.5) is 0 Å². The highest BCUT2D eigenvalue weighted by atomic mass is 16.5. The van der Waals surface area contributed by atoms with Crippen LogP contribution in [0.25, 0.3) is 0 Å². The van der Waals surface area contributed by atoms with Crippen LogP contribution in [-0.2, 0) is 0 Å². The summed E-state index contributed by atoms with van der Waals surface area (Å²) >= 11 is 0. The fourth-order valence-electron chi connectivity index (χ4n) is 1.59. The van der Waals surface area contributed by atoms with E-state index in [0.29, 0.717) is 6.54 Å². The van der Waals surface area contributed by atoms with E-state index in [0.717, 1.165) is 30.7 Å². The van der Waals surface area contributed by atoms with Crippen LogP contribution in [0.15, 0.2) is 24.3 Å². The second-order valence-corrected chi connectivity index (χ2v) is 4.42. The summed E-state index contributed by atoms with van der Waals surface area (Å²) in [5, 5.41) is 21.4. The Morgan fingerprint density at radius 2 is 2.17 bits per heavy atom. The molecule has 4 heteroatoms. The molecule has 0 radical (unpaired) electrons. The Morgan fingerprint density at radius 3 is 2.89 bits per heavy atom. The third-order valence-electron chi connectivity index (χ3n) is 2.57. The molecule has 0 spiro atoms. The number of ether oxygens (including phenoxy) is 1. The van der Waals surface area contributed by atoms with Crippen molar-refractivity contribution in [2.45, 2.75) is 25.9 Å². The fourth-order valence-corrected chi connectivity index (χ4v) is 1.59. The maximum Gasteiger partial charge on any atom is 0.119 e. The Hall–Kier alpha value is -1.10. The quantitative estimate of drug-likeness (QED) is 0.577. The summed E-state index contributed by atoms with van der Waals surface area (Å²) in [6.07, 6.45) is 1.20. The summed E-state index contributed by atoms with van der Waals surface area (Å²) < 4.78 is 5.50. The first kappa shape index (κ1) is 15.0. The number of nitrogens with one attached hydrogen (secondary N) is 1. The molecule has 1 unspecified atom stereocenters. The lowest BCUT2D eigenvalue weighted by Gasteiger charge is -2.13. The Labute approximate surface area is 109 Å². The van der Waals surface area contributed by atoms with Crippen LogP contribution in [0.5, 0.6) is 5.75 Å². The number of hydrogen-bond donors (Lipinski definition) is 3. The lowest BCUT2D eigenvalue weighted by atomic mass is 10.2. The van der Waals surface area contributed by atoms with Gasteiger partial charge in [-0.2, -0.15) is 0 Å². The zero-order valence-electron chi connectivity index (χ0n) is 10.9. The molecule has 1 atom stereocenters. The zero-order valence-corrected chi connectivity index (χ0v) is 10.9. The first-order valence-corrected chi connectivity index (χ1v) is 6.41. The van der Waals surface area contributed by atoms with Crippen LogP contribution in [0.2, 0.25) is 0 Å². The van der Waals surface area contributed by atoms with Crippen LogP contribution in [-0.4, -0.2) is 42.6 Å². The van der Waals surface area contributed by atoms with E-state index in [1.807, 2.05) is 31.2 Å². The number of aliphatic hydroxyl groups excluding tert-OH is 2. The summed E-state index contributed by atoms with van der Waals surface area (Å²) in [6.45, 7) is 3.84. The lowest BCUT2D eigenvalue weighted by Crippen LogP contribution is -2.32. The third kappa shape index (κ3) is 6.59. The topological polar surface area (TPSA) is 61.7 Å². The number of benzene rings is 1. The average molecular weight is 253 g/mol. The van der Waals surface area contributed by atoms with Crippen molar-refractivity contribution in [2.24, 2.45) is 0 Å². The maximum absolute atomic E-state index is 9.70. The van der Waals surface area contributed by atoms with Crippen LogP contribution in [0.1, 0.15) is 18.4 Å². The van der Waals surface area contributed by atoms with Crippen molar-refractivity contribution < 1.29 is 14.9 Å². The van der Waals surface area contributed by atoms with Crippen LogP contribution < -0.4 is 10.1 Å². The van der Waals surface area contributed by atoms with E-state index in [2.05, 4.69) is 5.32 Å². The molecule has 0 aliphatic rings. The highest BCUT2D eigenvalue weighted by Gasteiger charge is 2.04. The standard InChI is InChI=1S/C14H23NO3/c1-12-5-4-6-14(9-12)18-11-13(17)10-15-7-2-3-8-16/h4-6,9,13,15-17H,2-3,7-8,10-11H2,1H3. The zero-order chi connectivity index (χ0) is 13.2. The van der Waals surface area contributed by atoms with Gasteiger partial charge in [0.15, 0.2) is 0 Å². The van der Waals surface area contributed by atoms with Gasteiger partial charge in [0.05, 0.1) is 0 Å². The number of hydrogen-bond acceptors (Lipinski definition) is 4. The summed E-state index contributed by atoms with van der Waals surface area (Å²) in [6, 6.07) is 7.77. The van der Waals surface area contributed by atoms with Crippen molar-refractivity contribution in [3.8, 4) is 5.75 Å². The minimum Gasteiger partial charge on any atom is -0.491 e. The van der Waals surface area contributed by atoms with E-state index in [1.165, 1.54) is 0 Å². The van der Waals surface area contributed by atoms with Gasteiger partial charge in [-0.15, -0.1) is 0 Å². The molecule has 102 valence electrons. The molecule has 0 amide bonds. The summed E-state index contributed by atoms with van der Waals surface area (Å²) in [4.78, 5) is 0. The van der Waals surface area contributed by atoms with Crippen LogP contribution in [0, 0.1) is 6.92 Å². The SMILES string of the molecule is Cc1cccc(OCC(O)CNCCCCO)c1. The summed E-state index contributed by atoms with van der Waals surface area (Å²) in [5.74, 6) is 0.786. The molecule has 0 aromatic heterocycles. The van der Waals surface area contributed by atoms with E-state index < -0.39 is 6.10 Å². The van der Waals surface area contributed by atoms with E-state index in [4.69, 9.17) is 9.84 Å². The van der Waals surface area contributed by atoms with Crippen molar-refractivity contribution >= 4 is 0 Å².